The molecule has 166 valence electrons. The summed E-state index contributed by atoms with van der Waals surface area (Å²) in [5.74, 6) is -0.386. The number of anilines is 1. The zero-order valence-corrected chi connectivity index (χ0v) is 18.5. The first-order chi connectivity index (χ1) is 16.1. The van der Waals surface area contributed by atoms with Gasteiger partial charge >= 0.3 is 0 Å². The summed E-state index contributed by atoms with van der Waals surface area (Å²) in [6, 6.07) is 21.7. The normalized spacial score (nSPS) is 10.5. The van der Waals surface area contributed by atoms with E-state index in [9.17, 15) is 14.4 Å². The van der Waals surface area contributed by atoms with Gasteiger partial charge in [0.1, 0.15) is 0 Å². The summed E-state index contributed by atoms with van der Waals surface area (Å²) in [5, 5.41) is 7.86. The van der Waals surface area contributed by atoms with E-state index in [0.29, 0.717) is 29.5 Å². The summed E-state index contributed by atoms with van der Waals surface area (Å²) in [4.78, 5) is 40.7. The number of pyridine rings is 1. The van der Waals surface area contributed by atoms with Gasteiger partial charge in [0.2, 0.25) is 5.91 Å². The second-order valence-corrected chi connectivity index (χ2v) is 8.26. The molecular weight excluding hydrogens is 436 g/mol. The SMILES string of the molecule is O=C(Cc1csc(NC(=O)c2ccccc2)n1)NCc1ccc(Cn2ccccc2=O)cc1. The minimum absolute atomic E-state index is 0.0429. The molecular formula is C25H22N4O3S. The van der Waals surface area contributed by atoms with Crippen LogP contribution in [0.15, 0.2) is 89.2 Å². The van der Waals surface area contributed by atoms with Gasteiger partial charge in [0.25, 0.3) is 11.5 Å². The summed E-state index contributed by atoms with van der Waals surface area (Å²) in [6.45, 7) is 0.894. The van der Waals surface area contributed by atoms with Crippen LogP contribution < -0.4 is 16.2 Å². The van der Waals surface area contributed by atoms with E-state index in [-0.39, 0.29) is 23.8 Å². The highest BCUT2D eigenvalue weighted by Gasteiger charge is 2.11. The van der Waals surface area contributed by atoms with E-state index >= 15 is 0 Å². The minimum Gasteiger partial charge on any atom is -0.352 e. The first-order valence-electron chi connectivity index (χ1n) is 10.4. The Morgan fingerprint density at radius 2 is 1.64 bits per heavy atom. The van der Waals surface area contributed by atoms with Crippen LogP contribution in [0.4, 0.5) is 5.13 Å². The number of thiazole rings is 1. The number of carbonyl (C=O) groups is 2. The third kappa shape index (κ3) is 6.24. The highest BCUT2D eigenvalue weighted by Crippen LogP contribution is 2.17. The number of nitrogens with zero attached hydrogens (tertiary/aromatic N) is 2. The first-order valence-corrected chi connectivity index (χ1v) is 11.3. The van der Waals surface area contributed by atoms with Crippen molar-refractivity contribution in [3.63, 3.8) is 0 Å². The topological polar surface area (TPSA) is 93.1 Å². The molecule has 0 saturated heterocycles. The molecule has 7 nitrogen and oxygen atoms in total. The lowest BCUT2D eigenvalue weighted by Crippen LogP contribution is -2.24. The van der Waals surface area contributed by atoms with Gasteiger partial charge in [0.15, 0.2) is 5.13 Å². The highest BCUT2D eigenvalue weighted by molar-refractivity contribution is 7.14. The maximum Gasteiger partial charge on any atom is 0.257 e. The van der Waals surface area contributed by atoms with Crippen LogP contribution in [-0.2, 0) is 24.3 Å². The number of hydrogen-bond donors (Lipinski definition) is 2. The molecule has 2 heterocycles. The summed E-state index contributed by atoms with van der Waals surface area (Å²) in [7, 11) is 0. The lowest BCUT2D eigenvalue weighted by atomic mass is 10.1. The van der Waals surface area contributed by atoms with Crippen molar-refractivity contribution in [2.24, 2.45) is 0 Å². The number of hydrogen-bond acceptors (Lipinski definition) is 5. The molecule has 4 rings (SSSR count). The Bertz CT molecular complexity index is 1300. The third-order valence-electron chi connectivity index (χ3n) is 4.91. The van der Waals surface area contributed by atoms with Crippen LogP contribution in [-0.4, -0.2) is 21.4 Å². The molecule has 0 bridgehead atoms. The zero-order chi connectivity index (χ0) is 23.0. The number of rotatable bonds is 8. The van der Waals surface area contributed by atoms with Crippen molar-refractivity contribution in [2.45, 2.75) is 19.5 Å². The van der Waals surface area contributed by atoms with Gasteiger partial charge in [-0.3, -0.25) is 19.7 Å². The maximum absolute atomic E-state index is 12.3. The maximum atomic E-state index is 12.3. The highest BCUT2D eigenvalue weighted by atomic mass is 32.1. The monoisotopic (exact) mass is 458 g/mol. The third-order valence-corrected chi connectivity index (χ3v) is 5.72. The van der Waals surface area contributed by atoms with Gasteiger partial charge < -0.3 is 9.88 Å². The Hall–Kier alpha value is -4.04. The van der Waals surface area contributed by atoms with E-state index < -0.39 is 0 Å². The summed E-state index contributed by atoms with van der Waals surface area (Å²) in [5.41, 5.74) is 3.07. The smallest absolute Gasteiger partial charge is 0.257 e. The second-order valence-electron chi connectivity index (χ2n) is 7.40. The van der Waals surface area contributed by atoms with Crippen LogP contribution in [0.25, 0.3) is 0 Å². The van der Waals surface area contributed by atoms with Crippen LogP contribution in [0.3, 0.4) is 0 Å². The van der Waals surface area contributed by atoms with Crippen LogP contribution >= 0.6 is 11.3 Å². The number of benzene rings is 2. The minimum atomic E-state index is -0.235. The fourth-order valence-electron chi connectivity index (χ4n) is 3.18. The van der Waals surface area contributed by atoms with Gasteiger partial charge in [-0.15, -0.1) is 11.3 Å². The number of nitrogens with one attached hydrogen (secondary N) is 2. The largest absolute Gasteiger partial charge is 0.352 e. The van der Waals surface area contributed by atoms with Crippen LogP contribution in [0.2, 0.25) is 0 Å². The molecule has 0 aliphatic rings. The Balaban J connectivity index is 1.25. The molecule has 0 unspecified atom stereocenters. The Morgan fingerprint density at radius 3 is 2.39 bits per heavy atom. The molecule has 0 aliphatic carbocycles. The lowest BCUT2D eigenvalue weighted by Gasteiger charge is -2.08. The van der Waals surface area contributed by atoms with Crippen molar-refractivity contribution in [3.8, 4) is 0 Å². The molecule has 0 saturated carbocycles. The van der Waals surface area contributed by atoms with Crippen LogP contribution in [0, 0.1) is 0 Å². The molecule has 2 amide bonds. The van der Waals surface area contributed by atoms with Crippen molar-refractivity contribution in [3.05, 3.63) is 117 Å². The molecule has 0 radical (unpaired) electrons. The van der Waals surface area contributed by atoms with E-state index in [4.69, 9.17) is 0 Å². The fraction of sp³-hybridized carbons (Fsp3) is 0.120. The summed E-state index contributed by atoms with van der Waals surface area (Å²) >= 11 is 1.28. The molecule has 8 heteroatoms. The first kappa shape index (κ1) is 22.2. The lowest BCUT2D eigenvalue weighted by molar-refractivity contribution is -0.120. The predicted molar refractivity (Wildman–Crippen MR) is 128 cm³/mol. The molecule has 0 atom stereocenters. The van der Waals surface area contributed by atoms with Crippen molar-refractivity contribution >= 4 is 28.3 Å². The predicted octanol–water partition coefficient (Wildman–Crippen LogP) is 3.46. The van der Waals surface area contributed by atoms with Gasteiger partial charge in [-0.05, 0) is 29.3 Å². The van der Waals surface area contributed by atoms with E-state index in [0.717, 1.165) is 11.1 Å². The van der Waals surface area contributed by atoms with Crippen molar-refractivity contribution < 1.29 is 9.59 Å². The van der Waals surface area contributed by atoms with Crippen LogP contribution in [0.1, 0.15) is 27.2 Å². The Kier molecular flexibility index (Phi) is 7.06. The van der Waals surface area contributed by atoms with E-state index in [2.05, 4.69) is 15.6 Å². The molecule has 0 aliphatic heterocycles. The summed E-state index contributed by atoms with van der Waals surface area (Å²) in [6.07, 6.45) is 1.89. The van der Waals surface area contributed by atoms with Crippen molar-refractivity contribution in [1.29, 1.82) is 0 Å². The van der Waals surface area contributed by atoms with Gasteiger partial charge in [0.05, 0.1) is 18.7 Å². The fourth-order valence-corrected chi connectivity index (χ4v) is 3.89. The number of amides is 2. The molecule has 0 spiro atoms. The number of carbonyl (C=O) groups excluding carboxylic acids is 2. The average Bonchev–Trinajstić information content (AvgIpc) is 3.27. The summed E-state index contributed by atoms with van der Waals surface area (Å²) < 4.78 is 1.64. The van der Waals surface area contributed by atoms with Gasteiger partial charge in [-0.2, -0.15) is 0 Å². The number of aromatic nitrogens is 2. The van der Waals surface area contributed by atoms with E-state index in [1.165, 1.54) is 17.4 Å². The van der Waals surface area contributed by atoms with Crippen molar-refractivity contribution in [1.82, 2.24) is 14.9 Å². The van der Waals surface area contributed by atoms with Gasteiger partial charge in [-0.1, -0.05) is 48.5 Å². The Labute approximate surface area is 194 Å². The van der Waals surface area contributed by atoms with Crippen molar-refractivity contribution in [2.75, 3.05) is 5.32 Å². The molecule has 2 aromatic carbocycles. The molecule has 33 heavy (non-hydrogen) atoms. The van der Waals surface area contributed by atoms with Gasteiger partial charge in [0, 0.05) is 29.8 Å². The molecule has 2 aromatic heterocycles. The second kappa shape index (κ2) is 10.5. The standard InChI is InChI=1S/C25H22N4O3S/c30-22(14-21-17-33-25(27-21)28-24(32)20-6-2-1-3-7-20)26-15-18-9-11-19(12-10-18)16-29-13-5-4-8-23(29)31/h1-13,17H,14-16H2,(H,26,30)(H,27,28,32). The Morgan fingerprint density at radius 1 is 0.909 bits per heavy atom. The molecule has 4 aromatic rings. The van der Waals surface area contributed by atoms with Gasteiger partial charge in [-0.25, -0.2) is 4.98 Å². The average molecular weight is 459 g/mol. The van der Waals surface area contributed by atoms with E-state index in [1.807, 2.05) is 36.4 Å². The quantitative estimate of drug-likeness (QED) is 0.423. The van der Waals surface area contributed by atoms with Crippen LogP contribution in [0.5, 0.6) is 0 Å². The zero-order valence-electron chi connectivity index (χ0n) is 17.7. The molecule has 2 N–H and O–H groups in total. The molecule has 0 fully saturated rings. The van der Waals surface area contributed by atoms with E-state index in [1.54, 1.807) is 46.5 Å².